The fourth-order valence-electron chi connectivity index (χ4n) is 3.20. The number of nitrogens with zero attached hydrogens (tertiary/aromatic N) is 1. The molecule has 27 heavy (non-hydrogen) atoms. The Hall–Kier alpha value is -3.22. The van der Waals surface area contributed by atoms with Gasteiger partial charge in [-0.1, -0.05) is 18.2 Å². The minimum absolute atomic E-state index is 0.383. The molecule has 0 aliphatic carbocycles. The van der Waals surface area contributed by atoms with Gasteiger partial charge in [0.05, 0.1) is 21.3 Å². The molecule has 0 spiro atoms. The number of methoxy groups -OCH3 is 3. The molecule has 0 aromatic heterocycles. The van der Waals surface area contributed by atoms with Crippen LogP contribution in [0.2, 0.25) is 0 Å². The van der Waals surface area contributed by atoms with Crippen LogP contribution in [0.4, 0.5) is 11.4 Å². The Morgan fingerprint density at radius 3 is 2.30 bits per heavy atom. The largest absolute Gasteiger partial charge is 0.493 e. The second-order valence-corrected chi connectivity index (χ2v) is 6.06. The monoisotopic (exact) mass is 370 g/mol. The predicted octanol–water partition coefficient (Wildman–Crippen LogP) is 2.63. The van der Waals surface area contributed by atoms with Crippen molar-refractivity contribution >= 4 is 23.2 Å². The van der Waals surface area contributed by atoms with Crippen molar-refractivity contribution in [2.45, 2.75) is 12.8 Å². The van der Waals surface area contributed by atoms with Gasteiger partial charge < -0.3 is 24.4 Å². The maximum atomic E-state index is 12.7. The zero-order valence-electron chi connectivity index (χ0n) is 15.6. The molecule has 7 nitrogen and oxygen atoms in total. The van der Waals surface area contributed by atoms with E-state index in [1.165, 1.54) is 26.2 Å². The van der Waals surface area contributed by atoms with Gasteiger partial charge in [0.15, 0.2) is 11.5 Å². The van der Waals surface area contributed by atoms with E-state index in [-0.39, 0.29) is 0 Å². The van der Waals surface area contributed by atoms with Gasteiger partial charge in [-0.05, 0) is 24.5 Å². The normalized spacial score (nSPS) is 12.8. The first-order chi connectivity index (χ1) is 13.1. The van der Waals surface area contributed by atoms with Gasteiger partial charge in [0.2, 0.25) is 5.75 Å². The number of carbonyl (C=O) groups is 2. The van der Waals surface area contributed by atoms with Gasteiger partial charge in [0.25, 0.3) is 0 Å². The topological polar surface area (TPSA) is 77.1 Å². The SMILES string of the molecule is COc1cc(NC(=O)C(=O)N2CCCc3ccccc32)cc(OC)c1OC. The summed E-state index contributed by atoms with van der Waals surface area (Å²) >= 11 is 0. The van der Waals surface area contributed by atoms with Gasteiger partial charge in [0, 0.05) is 30.1 Å². The maximum absolute atomic E-state index is 12.7. The Bertz CT molecular complexity index is 840. The van der Waals surface area contributed by atoms with Crippen LogP contribution in [0.5, 0.6) is 17.2 Å². The number of nitrogens with one attached hydrogen (secondary N) is 1. The van der Waals surface area contributed by atoms with Crippen molar-refractivity contribution in [1.29, 1.82) is 0 Å². The summed E-state index contributed by atoms with van der Waals surface area (Å²) in [5.41, 5.74) is 2.24. The molecule has 1 aliphatic heterocycles. The van der Waals surface area contributed by atoms with Gasteiger partial charge in [0.1, 0.15) is 0 Å². The second-order valence-electron chi connectivity index (χ2n) is 6.06. The molecule has 2 aromatic rings. The van der Waals surface area contributed by atoms with E-state index < -0.39 is 11.8 Å². The number of carbonyl (C=O) groups excluding carboxylic acids is 2. The standard InChI is InChI=1S/C20H22N2O5/c1-25-16-11-14(12-17(26-2)18(16)27-3)21-19(23)20(24)22-10-6-8-13-7-4-5-9-15(13)22/h4-5,7,9,11-12H,6,8,10H2,1-3H3,(H,21,23). The van der Waals surface area contributed by atoms with Gasteiger partial charge >= 0.3 is 11.8 Å². The summed E-state index contributed by atoms with van der Waals surface area (Å²) < 4.78 is 15.8. The fourth-order valence-corrected chi connectivity index (χ4v) is 3.20. The number of hydrogen-bond acceptors (Lipinski definition) is 5. The van der Waals surface area contributed by atoms with E-state index in [4.69, 9.17) is 14.2 Å². The van der Waals surface area contributed by atoms with Crippen LogP contribution < -0.4 is 24.4 Å². The van der Waals surface area contributed by atoms with E-state index in [0.717, 1.165) is 24.1 Å². The predicted molar refractivity (Wildman–Crippen MR) is 102 cm³/mol. The molecule has 0 saturated heterocycles. The van der Waals surface area contributed by atoms with Crippen LogP contribution in [0, 0.1) is 0 Å². The number of rotatable bonds is 4. The van der Waals surface area contributed by atoms with Gasteiger partial charge in [-0.3, -0.25) is 9.59 Å². The lowest BCUT2D eigenvalue weighted by Crippen LogP contribution is -2.42. The third-order valence-corrected chi connectivity index (χ3v) is 4.47. The van der Waals surface area contributed by atoms with Gasteiger partial charge in [-0.2, -0.15) is 0 Å². The van der Waals surface area contributed by atoms with Crippen LogP contribution in [0.1, 0.15) is 12.0 Å². The quantitative estimate of drug-likeness (QED) is 0.838. The summed E-state index contributed by atoms with van der Waals surface area (Å²) in [7, 11) is 4.47. The van der Waals surface area contributed by atoms with E-state index in [2.05, 4.69) is 5.32 Å². The average molecular weight is 370 g/mol. The first-order valence-electron chi connectivity index (χ1n) is 8.59. The zero-order valence-corrected chi connectivity index (χ0v) is 15.6. The Labute approximate surface area is 157 Å². The number of amides is 2. The van der Waals surface area contributed by atoms with Crippen molar-refractivity contribution in [1.82, 2.24) is 0 Å². The molecule has 0 saturated carbocycles. The number of para-hydroxylation sites is 1. The Balaban J connectivity index is 1.83. The molecule has 0 radical (unpaired) electrons. The van der Waals surface area contributed by atoms with E-state index >= 15 is 0 Å². The molecule has 2 aromatic carbocycles. The summed E-state index contributed by atoms with van der Waals surface area (Å²) in [6, 6.07) is 10.8. The highest BCUT2D eigenvalue weighted by atomic mass is 16.5. The van der Waals surface area contributed by atoms with Gasteiger partial charge in [-0.25, -0.2) is 0 Å². The molecule has 142 valence electrons. The van der Waals surface area contributed by atoms with E-state index in [1.807, 2.05) is 24.3 Å². The number of ether oxygens (including phenoxy) is 3. The molecular formula is C20H22N2O5. The molecule has 0 fully saturated rings. The third-order valence-electron chi connectivity index (χ3n) is 4.47. The van der Waals surface area contributed by atoms with E-state index in [0.29, 0.717) is 29.5 Å². The highest BCUT2D eigenvalue weighted by molar-refractivity contribution is 6.44. The number of anilines is 2. The summed E-state index contributed by atoms with van der Waals surface area (Å²) in [6.07, 6.45) is 1.72. The molecule has 1 aliphatic rings. The van der Waals surface area contributed by atoms with Crippen LogP contribution in [-0.4, -0.2) is 39.7 Å². The highest BCUT2D eigenvalue weighted by Gasteiger charge is 2.27. The average Bonchev–Trinajstić information content (AvgIpc) is 2.71. The summed E-state index contributed by atoms with van der Waals surface area (Å²) in [4.78, 5) is 26.8. The maximum Gasteiger partial charge on any atom is 0.316 e. The molecular weight excluding hydrogens is 348 g/mol. The molecule has 7 heteroatoms. The van der Waals surface area contributed by atoms with Crippen molar-refractivity contribution < 1.29 is 23.8 Å². The molecule has 3 rings (SSSR count). The Kier molecular flexibility index (Phi) is 5.49. The Morgan fingerprint density at radius 1 is 1.00 bits per heavy atom. The molecule has 0 unspecified atom stereocenters. The smallest absolute Gasteiger partial charge is 0.316 e. The zero-order chi connectivity index (χ0) is 19.4. The molecule has 1 heterocycles. The van der Waals surface area contributed by atoms with Crippen molar-refractivity contribution in [3.05, 3.63) is 42.0 Å². The second kappa shape index (κ2) is 7.99. The molecule has 1 N–H and O–H groups in total. The first kappa shape index (κ1) is 18.6. The van der Waals surface area contributed by atoms with Crippen LogP contribution in [0.25, 0.3) is 0 Å². The number of aryl methyl sites for hydroxylation is 1. The van der Waals surface area contributed by atoms with Crippen molar-refractivity contribution in [2.24, 2.45) is 0 Å². The lowest BCUT2D eigenvalue weighted by atomic mass is 10.0. The minimum atomic E-state index is -0.721. The molecule has 0 atom stereocenters. The van der Waals surface area contributed by atoms with Crippen LogP contribution in [0.15, 0.2) is 36.4 Å². The van der Waals surface area contributed by atoms with Crippen molar-refractivity contribution in [3.63, 3.8) is 0 Å². The molecule has 0 bridgehead atoms. The Morgan fingerprint density at radius 2 is 1.67 bits per heavy atom. The summed E-state index contributed by atoms with van der Waals surface area (Å²) in [6.45, 7) is 0.512. The lowest BCUT2D eigenvalue weighted by Gasteiger charge is -2.28. The van der Waals surface area contributed by atoms with Crippen LogP contribution in [0.3, 0.4) is 0 Å². The minimum Gasteiger partial charge on any atom is -0.493 e. The van der Waals surface area contributed by atoms with Crippen molar-refractivity contribution in [2.75, 3.05) is 38.1 Å². The number of fused-ring (bicyclic) bond motifs is 1. The van der Waals surface area contributed by atoms with E-state index in [9.17, 15) is 9.59 Å². The number of hydrogen-bond donors (Lipinski definition) is 1. The lowest BCUT2D eigenvalue weighted by molar-refractivity contribution is -0.134. The highest BCUT2D eigenvalue weighted by Crippen LogP contribution is 2.40. The fraction of sp³-hybridized carbons (Fsp3) is 0.300. The van der Waals surface area contributed by atoms with Crippen molar-refractivity contribution in [3.8, 4) is 17.2 Å². The van der Waals surface area contributed by atoms with Crippen LogP contribution >= 0.6 is 0 Å². The summed E-state index contributed by atoms with van der Waals surface area (Å²) in [5, 5.41) is 2.62. The summed E-state index contributed by atoms with van der Waals surface area (Å²) in [5.74, 6) is -0.128. The van der Waals surface area contributed by atoms with E-state index in [1.54, 1.807) is 12.1 Å². The molecule has 2 amide bonds. The number of benzene rings is 2. The third kappa shape index (κ3) is 3.67. The first-order valence-corrected chi connectivity index (χ1v) is 8.59. The van der Waals surface area contributed by atoms with Crippen LogP contribution in [-0.2, 0) is 16.0 Å². The van der Waals surface area contributed by atoms with Gasteiger partial charge in [-0.15, -0.1) is 0 Å².